The Hall–Kier alpha value is -1.07. The minimum absolute atomic E-state index is 0. The van der Waals surface area contributed by atoms with Crippen molar-refractivity contribution in [1.29, 1.82) is 0 Å². The van der Waals surface area contributed by atoms with E-state index in [9.17, 15) is 9.59 Å². The maximum absolute atomic E-state index is 11.3. The largest absolute Gasteiger partial charge is 1.00 e. The third kappa shape index (κ3) is 15.4. The third-order valence-corrected chi connectivity index (χ3v) is 3.75. The average Bonchev–Trinajstić information content (AvgIpc) is 2.95. The van der Waals surface area contributed by atoms with Crippen LogP contribution in [0.1, 0.15) is 0 Å². The van der Waals surface area contributed by atoms with Gasteiger partial charge < -0.3 is 40.6 Å². The van der Waals surface area contributed by atoms with Crippen molar-refractivity contribution in [2.75, 3.05) is 100 Å². The number of halogens is 1. The second-order valence-corrected chi connectivity index (χ2v) is 7.24. The van der Waals surface area contributed by atoms with Gasteiger partial charge in [-0.3, -0.25) is 14.5 Å². The summed E-state index contributed by atoms with van der Waals surface area (Å²) < 4.78 is 27.9. The topological polar surface area (TPSA) is 83.5 Å². The number of imide groups is 1. The monoisotopic (exact) mass is 438 g/mol. The molecular formula is C19H35ClN2O7. The Kier molecular flexibility index (Phi) is 16.1. The van der Waals surface area contributed by atoms with Crippen molar-refractivity contribution < 1.29 is 50.2 Å². The van der Waals surface area contributed by atoms with E-state index in [-0.39, 0.29) is 30.8 Å². The van der Waals surface area contributed by atoms with Crippen LogP contribution in [-0.2, 0) is 33.3 Å². The molecule has 1 rings (SSSR count). The van der Waals surface area contributed by atoms with Crippen LogP contribution in [0.4, 0.5) is 0 Å². The smallest absolute Gasteiger partial charge is 0.253 e. The first-order valence-electron chi connectivity index (χ1n) is 9.63. The second-order valence-electron chi connectivity index (χ2n) is 7.24. The molecule has 0 radical (unpaired) electrons. The fraction of sp³-hybridized carbons (Fsp3) is 0.789. The first-order chi connectivity index (χ1) is 13.4. The van der Waals surface area contributed by atoms with Crippen molar-refractivity contribution in [3.63, 3.8) is 0 Å². The van der Waals surface area contributed by atoms with E-state index in [0.29, 0.717) is 59.5 Å². The molecule has 2 amide bonds. The summed E-state index contributed by atoms with van der Waals surface area (Å²) in [7, 11) is 6.40. The summed E-state index contributed by atoms with van der Waals surface area (Å²) in [5.74, 6) is -0.586. The Labute approximate surface area is 179 Å². The zero-order chi connectivity index (χ0) is 20.7. The fourth-order valence-electron chi connectivity index (χ4n) is 2.13. The quantitative estimate of drug-likeness (QED) is 0.126. The molecule has 29 heavy (non-hydrogen) atoms. The summed E-state index contributed by atoms with van der Waals surface area (Å²) in [5, 5.41) is 0. The summed E-state index contributed by atoms with van der Waals surface area (Å²) in [6.07, 6.45) is 2.52. The maximum Gasteiger partial charge on any atom is 0.253 e. The minimum atomic E-state index is -0.293. The van der Waals surface area contributed by atoms with Crippen molar-refractivity contribution in [3.05, 3.63) is 12.2 Å². The van der Waals surface area contributed by atoms with Crippen molar-refractivity contribution >= 4 is 11.8 Å². The van der Waals surface area contributed by atoms with E-state index in [2.05, 4.69) is 21.1 Å². The van der Waals surface area contributed by atoms with Gasteiger partial charge in [-0.25, -0.2) is 0 Å². The first-order valence-corrected chi connectivity index (χ1v) is 9.63. The molecule has 0 aromatic carbocycles. The van der Waals surface area contributed by atoms with Crippen molar-refractivity contribution in [3.8, 4) is 0 Å². The Balaban J connectivity index is 0.00000784. The van der Waals surface area contributed by atoms with Crippen LogP contribution < -0.4 is 12.4 Å². The van der Waals surface area contributed by atoms with E-state index in [0.717, 1.165) is 22.5 Å². The van der Waals surface area contributed by atoms with Gasteiger partial charge in [0.15, 0.2) is 0 Å². The normalized spacial score (nSPS) is 14.0. The Morgan fingerprint density at radius 3 is 1.38 bits per heavy atom. The number of nitrogens with zero attached hydrogens (tertiary/aromatic N) is 2. The van der Waals surface area contributed by atoms with Gasteiger partial charge in [0.2, 0.25) is 0 Å². The lowest BCUT2D eigenvalue weighted by molar-refractivity contribution is -0.870. The lowest BCUT2D eigenvalue weighted by Crippen LogP contribution is -3.00. The summed E-state index contributed by atoms with van der Waals surface area (Å²) in [6.45, 7) is 6.29. The Morgan fingerprint density at radius 1 is 0.655 bits per heavy atom. The molecule has 9 nitrogen and oxygen atoms in total. The molecule has 1 aliphatic rings. The number of hydrogen-bond donors (Lipinski definition) is 0. The number of likely N-dealkylation sites (N-methyl/N-ethyl adjacent to an activating group) is 1. The number of carbonyl (C=O) groups is 2. The van der Waals surface area contributed by atoms with Crippen LogP contribution in [0, 0.1) is 0 Å². The van der Waals surface area contributed by atoms with Crippen molar-refractivity contribution in [2.45, 2.75) is 0 Å². The van der Waals surface area contributed by atoms with Crippen LogP contribution >= 0.6 is 0 Å². The van der Waals surface area contributed by atoms with Crippen molar-refractivity contribution in [1.82, 2.24) is 4.90 Å². The highest BCUT2D eigenvalue weighted by Crippen LogP contribution is 2.02. The molecule has 0 saturated heterocycles. The molecule has 0 spiro atoms. The zero-order valence-electron chi connectivity index (χ0n) is 17.8. The van der Waals surface area contributed by atoms with Gasteiger partial charge in [-0.1, -0.05) is 0 Å². The molecule has 170 valence electrons. The highest BCUT2D eigenvalue weighted by atomic mass is 35.5. The summed E-state index contributed by atoms with van der Waals surface area (Å²) in [6, 6.07) is 0. The lowest BCUT2D eigenvalue weighted by atomic mass is 10.5. The number of carbonyl (C=O) groups excluding carboxylic acids is 2. The van der Waals surface area contributed by atoms with Gasteiger partial charge in [-0.2, -0.15) is 0 Å². The van der Waals surface area contributed by atoms with Crippen LogP contribution in [0.5, 0.6) is 0 Å². The Morgan fingerprint density at radius 2 is 1.00 bits per heavy atom. The number of amides is 2. The Bertz CT molecular complexity index is 466. The third-order valence-electron chi connectivity index (χ3n) is 3.75. The molecule has 0 aromatic heterocycles. The van der Waals surface area contributed by atoms with Gasteiger partial charge >= 0.3 is 0 Å². The van der Waals surface area contributed by atoms with Gasteiger partial charge in [-0.05, 0) is 0 Å². The molecule has 0 unspecified atom stereocenters. The van der Waals surface area contributed by atoms with Crippen LogP contribution in [0.15, 0.2) is 12.2 Å². The second kappa shape index (κ2) is 16.7. The highest BCUT2D eigenvalue weighted by molar-refractivity contribution is 6.12. The SMILES string of the molecule is C[N+](C)(C)CCOCCOCCOCCOCCOCCN1C(=O)C=CC1=O.[Cl-]. The first kappa shape index (κ1) is 27.9. The molecule has 10 heteroatoms. The van der Waals surface area contributed by atoms with Gasteiger partial charge in [-0.15, -0.1) is 0 Å². The summed E-state index contributed by atoms with van der Waals surface area (Å²) >= 11 is 0. The molecule has 0 aliphatic carbocycles. The molecule has 0 fully saturated rings. The van der Waals surface area contributed by atoms with E-state index < -0.39 is 0 Å². The van der Waals surface area contributed by atoms with E-state index in [1.165, 1.54) is 12.2 Å². The minimum Gasteiger partial charge on any atom is -1.00 e. The number of rotatable bonds is 18. The average molecular weight is 439 g/mol. The molecule has 0 bridgehead atoms. The van der Waals surface area contributed by atoms with Crippen LogP contribution in [-0.4, -0.2) is 121 Å². The van der Waals surface area contributed by atoms with Crippen LogP contribution in [0.3, 0.4) is 0 Å². The van der Waals surface area contributed by atoms with E-state index in [1.807, 2.05) is 0 Å². The van der Waals surface area contributed by atoms with Crippen LogP contribution in [0.2, 0.25) is 0 Å². The molecule has 1 heterocycles. The number of quaternary nitrogens is 1. The zero-order valence-corrected chi connectivity index (χ0v) is 18.5. The van der Waals surface area contributed by atoms with Gasteiger partial charge in [0.05, 0.1) is 93.8 Å². The molecule has 0 atom stereocenters. The van der Waals surface area contributed by atoms with E-state index >= 15 is 0 Å². The van der Waals surface area contributed by atoms with E-state index in [1.54, 1.807) is 0 Å². The number of hydrogen-bond acceptors (Lipinski definition) is 7. The predicted molar refractivity (Wildman–Crippen MR) is 103 cm³/mol. The van der Waals surface area contributed by atoms with Crippen molar-refractivity contribution in [2.24, 2.45) is 0 Å². The summed E-state index contributed by atoms with van der Waals surface area (Å²) in [5.41, 5.74) is 0. The molecule has 0 aromatic rings. The van der Waals surface area contributed by atoms with Gasteiger partial charge in [0.1, 0.15) is 6.54 Å². The van der Waals surface area contributed by atoms with Gasteiger partial charge in [0.25, 0.3) is 11.8 Å². The molecule has 0 saturated carbocycles. The predicted octanol–water partition coefficient (Wildman–Crippen LogP) is -3.30. The number of ether oxygens (including phenoxy) is 5. The molecule has 0 N–H and O–H groups in total. The highest BCUT2D eigenvalue weighted by Gasteiger charge is 2.22. The maximum atomic E-state index is 11.3. The summed E-state index contributed by atoms with van der Waals surface area (Å²) in [4.78, 5) is 23.8. The van der Waals surface area contributed by atoms with E-state index in [4.69, 9.17) is 23.7 Å². The molecular weight excluding hydrogens is 404 g/mol. The fourth-order valence-corrected chi connectivity index (χ4v) is 2.13. The van der Waals surface area contributed by atoms with Gasteiger partial charge in [0, 0.05) is 12.2 Å². The standard InChI is InChI=1S/C19H35N2O7.ClH/c1-21(2,3)7-9-25-11-13-27-15-17-28-16-14-26-12-10-24-8-6-20-18(22)4-5-19(20)23;/h4-5H,6-17H2,1-3H3;1H/q+1;/p-1. The molecule has 1 aliphatic heterocycles. The lowest BCUT2D eigenvalue weighted by Gasteiger charge is -2.23. The van der Waals surface area contributed by atoms with Crippen LogP contribution in [0.25, 0.3) is 0 Å².